The van der Waals surface area contributed by atoms with Crippen LogP contribution in [0.15, 0.2) is 30.4 Å². The number of esters is 4. The molecule has 1 fully saturated rings. The van der Waals surface area contributed by atoms with Gasteiger partial charge in [-0.15, -0.1) is 0 Å². The molecule has 0 spiro atoms. The number of carbonyl (C=O) groups is 5. The summed E-state index contributed by atoms with van der Waals surface area (Å²) in [5.74, 6) is -1.49. The van der Waals surface area contributed by atoms with Crippen molar-refractivity contribution in [3.63, 3.8) is 0 Å². The number of nitrogens with one attached hydrogen (secondary N) is 1. The van der Waals surface area contributed by atoms with Gasteiger partial charge in [-0.1, -0.05) is 136 Å². The fourth-order valence-corrected chi connectivity index (χ4v) is 8.90. The Morgan fingerprint density at radius 2 is 0.960 bits per heavy atom. The second kappa shape index (κ2) is 47.2. The first-order valence-corrected chi connectivity index (χ1v) is 29.9. The number of nitrogens with zero attached hydrogens (tertiary/aromatic N) is 1. The Balaban J connectivity index is 0.0000289. The first-order valence-electron chi connectivity index (χ1n) is 29.9. The van der Waals surface area contributed by atoms with Gasteiger partial charge in [0.2, 0.25) is 0 Å². The zero-order valence-electron chi connectivity index (χ0n) is 47.6. The number of ether oxygens (including phenoxy) is 7. The number of hydrogen-bond acceptors (Lipinski definition) is 13. The van der Waals surface area contributed by atoms with E-state index < -0.39 is 30.4 Å². The smallest absolute Gasteiger partial charge is 0.407 e. The van der Waals surface area contributed by atoms with Crippen LogP contribution in [0.1, 0.15) is 251 Å². The van der Waals surface area contributed by atoms with Gasteiger partial charge in [-0.05, 0) is 125 Å². The third kappa shape index (κ3) is 39.1. The maximum atomic E-state index is 13.2. The molecule has 432 valence electrons. The first-order chi connectivity index (χ1) is 36.6. The lowest BCUT2D eigenvalue weighted by Gasteiger charge is -2.19. The predicted molar refractivity (Wildman–Crippen MR) is 299 cm³/mol. The summed E-state index contributed by atoms with van der Waals surface area (Å²) >= 11 is 0. The molecule has 0 aromatic heterocycles. The van der Waals surface area contributed by atoms with Crippen LogP contribution >= 0.6 is 0 Å². The number of benzene rings is 1. The largest absolute Gasteiger partial charge is 0.465 e. The summed E-state index contributed by atoms with van der Waals surface area (Å²) < 4.78 is 40.6. The molecule has 2 rings (SSSR count). The molecule has 1 saturated heterocycles. The van der Waals surface area contributed by atoms with Crippen LogP contribution in [0.3, 0.4) is 0 Å². The van der Waals surface area contributed by atoms with Crippen molar-refractivity contribution in [1.29, 1.82) is 0 Å². The van der Waals surface area contributed by atoms with Gasteiger partial charge in [-0.2, -0.15) is 0 Å². The Morgan fingerprint density at radius 3 is 1.51 bits per heavy atom. The van der Waals surface area contributed by atoms with Crippen LogP contribution < -0.4 is 5.32 Å². The van der Waals surface area contributed by atoms with Crippen molar-refractivity contribution in [1.82, 2.24) is 10.2 Å². The molecule has 0 aliphatic carbocycles. The van der Waals surface area contributed by atoms with Crippen LogP contribution in [-0.4, -0.2) is 93.3 Å². The minimum atomic E-state index is -0.487. The zero-order chi connectivity index (χ0) is 54.2. The second-order valence-corrected chi connectivity index (χ2v) is 20.5. The summed E-state index contributed by atoms with van der Waals surface area (Å²) in [6.45, 7) is 13.6. The molecule has 1 aliphatic rings. The van der Waals surface area contributed by atoms with E-state index in [2.05, 4.69) is 50.1 Å². The molecule has 14 heteroatoms. The van der Waals surface area contributed by atoms with Crippen LogP contribution in [-0.2, 0) is 72.2 Å². The Bertz CT molecular complexity index is 1640. The van der Waals surface area contributed by atoms with Crippen molar-refractivity contribution >= 4 is 30.0 Å². The summed E-state index contributed by atoms with van der Waals surface area (Å²) in [6, 6.07) is 5.44. The number of allylic oxidation sites excluding steroid dienone is 1. The van der Waals surface area contributed by atoms with Gasteiger partial charge in [0.1, 0.15) is 25.9 Å². The number of rotatable bonds is 49. The molecule has 1 aliphatic heterocycles. The number of amides is 1. The summed E-state index contributed by atoms with van der Waals surface area (Å²) in [5.41, 5.74) is 1.94. The lowest BCUT2D eigenvalue weighted by atomic mass is 10.1. The number of carbonyl (C=O) groups excluding carboxylic acids is 5. The highest BCUT2D eigenvalue weighted by atomic mass is 16.7. The topological polar surface area (TPSA) is 165 Å². The van der Waals surface area contributed by atoms with Gasteiger partial charge in [0, 0.05) is 53.4 Å². The van der Waals surface area contributed by atoms with Crippen molar-refractivity contribution in [2.75, 3.05) is 46.0 Å². The minimum Gasteiger partial charge on any atom is -0.465 e. The molecule has 1 unspecified atom stereocenters. The normalized spacial score (nSPS) is 13.1. The molecule has 1 atom stereocenters. The van der Waals surface area contributed by atoms with E-state index in [1.807, 2.05) is 12.1 Å². The average Bonchev–Trinajstić information content (AvgIpc) is 3.93. The van der Waals surface area contributed by atoms with E-state index in [1.54, 1.807) is 6.07 Å². The molecule has 1 heterocycles. The molecule has 1 N–H and O–H groups in total. The van der Waals surface area contributed by atoms with Gasteiger partial charge < -0.3 is 43.4 Å². The first kappa shape index (κ1) is 67.1. The predicted octanol–water partition coefficient (Wildman–Crippen LogP) is 14.5. The molecule has 0 saturated carbocycles. The maximum Gasteiger partial charge on any atom is 0.407 e. The van der Waals surface area contributed by atoms with Crippen LogP contribution in [0.5, 0.6) is 0 Å². The molecule has 0 bridgehead atoms. The Kier molecular flexibility index (Phi) is 42.2. The van der Waals surface area contributed by atoms with E-state index in [0.29, 0.717) is 81.6 Å². The molecular formula is C61H106N2O12. The Labute approximate surface area is 455 Å². The van der Waals surface area contributed by atoms with Crippen molar-refractivity contribution in [2.24, 2.45) is 0 Å². The average molecular weight is 1060 g/mol. The van der Waals surface area contributed by atoms with Crippen LogP contribution in [0.4, 0.5) is 4.79 Å². The van der Waals surface area contributed by atoms with Gasteiger partial charge >= 0.3 is 30.0 Å². The minimum absolute atomic E-state index is 0. The van der Waals surface area contributed by atoms with E-state index in [9.17, 15) is 24.0 Å². The van der Waals surface area contributed by atoms with Gasteiger partial charge in [0.05, 0.1) is 13.0 Å². The second-order valence-electron chi connectivity index (χ2n) is 20.5. The SMILES string of the molecule is CCCCC/C=C\CCOC(=O)CCCCC(=O)OCc1cc(COC(=O)CCC(CCCCCC)OC(=O)NCCN2CCCC2)cc(COC(=O)CCC(OCCCCCCCC)OCCCCCCCC)c1.[HH]. The summed E-state index contributed by atoms with van der Waals surface area (Å²) in [6.07, 6.45) is 31.4. The standard InChI is InChI=1S/C61H104N2O12.H2/c1-5-9-13-17-20-23-29-43-69-56(64)33-25-26-34-57(65)72-49-52-46-53(50-73-58(66)36-35-55(32-24-16-12-8-4)75-61(68)62-39-42-63-40-27-28-41-63)48-54(47-52)51-74-59(67)37-38-60(70-44-30-21-18-14-10-6-2)71-45-31-22-19-15-11-7-3;/h20,23,46-48,55,60H,5-19,21-22,24-45,49-51H2,1-4H3,(H,62,68);1H/b23-20-;. The van der Waals surface area contributed by atoms with E-state index in [4.69, 9.17) is 33.2 Å². The van der Waals surface area contributed by atoms with E-state index in [0.717, 1.165) is 77.4 Å². The number of unbranched alkanes of at least 4 members (excludes halogenated alkanes) is 17. The van der Waals surface area contributed by atoms with Crippen LogP contribution in [0.2, 0.25) is 0 Å². The molecule has 1 amide bonds. The van der Waals surface area contributed by atoms with E-state index in [1.165, 1.54) is 83.5 Å². The quantitative estimate of drug-likeness (QED) is 0.0216. The van der Waals surface area contributed by atoms with Crippen LogP contribution in [0.25, 0.3) is 0 Å². The number of likely N-dealkylation sites (tertiary alicyclic amines) is 1. The van der Waals surface area contributed by atoms with E-state index >= 15 is 0 Å². The van der Waals surface area contributed by atoms with Crippen molar-refractivity contribution < 1.29 is 58.6 Å². The van der Waals surface area contributed by atoms with Gasteiger partial charge in [0.15, 0.2) is 6.29 Å². The third-order valence-electron chi connectivity index (χ3n) is 13.4. The zero-order valence-corrected chi connectivity index (χ0v) is 47.6. The lowest BCUT2D eigenvalue weighted by molar-refractivity contribution is -0.160. The van der Waals surface area contributed by atoms with Crippen LogP contribution in [0, 0.1) is 0 Å². The lowest BCUT2D eigenvalue weighted by Crippen LogP contribution is -2.35. The monoisotopic (exact) mass is 1060 g/mol. The Hall–Kier alpha value is -4.01. The van der Waals surface area contributed by atoms with Crippen molar-refractivity contribution in [2.45, 2.75) is 265 Å². The summed E-state index contributed by atoms with van der Waals surface area (Å²) in [5, 5.41) is 2.88. The molecule has 14 nitrogen and oxygen atoms in total. The number of hydrogen-bond donors (Lipinski definition) is 1. The van der Waals surface area contributed by atoms with Gasteiger partial charge in [-0.25, -0.2) is 4.79 Å². The Morgan fingerprint density at radius 1 is 0.507 bits per heavy atom. The van der Waals surface area contributed by atoms with Gasteiger partial charge in [0.25, 0.3) is 0 Å². The third-order valence-corrected chi connectivity index (χ3v) is 13.4. The van der Waals surface area contributed by atoms with E-state index in [-0.39, 0.29) is 58.9 Å². The highest BCUT2D eigenvalue weighted by Gasteiger charge is 2.19. The fourth-order valence-electron chi connectivity index (χ4n) is 8.90. The summed E-state index contributed by atoms with van der Waals surface area (Å²) in [4.78, 5) is 66.6. The molecule has 75 heavy (non-hydrogen) atoms. The fraction of sp³-hybridized carbons (Fsp3) is 0.787. The van der Waals surface area contributed by atoms with Crippen molar-refractivity contribution in [3.8, 4) is 0 Å². The molecule has 1 aromatic carbocycles. The molecule has 1 aromatic rings. The van der Waals surface area contributed by atoms with Gasteiger partial charge in [-0.3, -0.25) is 19.2 Å². The van der Waals surface area contributed by atoms with Crippen molar-refractivity contribution in [3.05, 3.63) is 47.0 Å². The molecular weight excluding hydrogens is 953 g/mol. The highest BCUT2D eigenvalue weighted by molar-refractivity contribution is 5.71. The maximum absolute atomic E-state index is 13.2. The summed E-state index contributed by atoms with van der Waals surface area (Å²) in [7, 11) is 0. The molecule has 0 radical (unpaired) electrons. The number of alkyl carbamates (subject to hydrolysis) is 1. The highest BCUT2D eigenvalue weighted by Crippen LogP contribution is 2.19.